The van der Waals surface area contributed by atoms with Crippen LogP contribution in [0.5, 0.6) is 0 Å². The van der Waals surface area contributed by atoms with Crippen LogP contribution in [0.2, 0.25) is 0 Å². The summed E-state index contributed by atoms with van der Waals surface area (Å²) in [5.41, 5.74) is 9.57. The second kappa shape index (κ2) is 6.06. The van der Waals surface area contributed by atoms with Crippen molar-refractivity contribution >= 4 is 0 Å². The lowest BCUT2D eigenvalue weighted by molar-refractivity contribution is 0.496. The van der Waals surface area contributed by atoms with Crippen molar-refractivity contribution in [2.75, 3.05) is 0 Å². The minimum atomic E-state index is 0.744. The fourth-order valence-electron chi connectivity index (χ4n) is 5.26. The molecule has 0 bridgehead atoms. The first kappa shape index (κ1) is 15.9. The maximum absolute atomic E-state index is 2.39. The Bertz CT molecular complexity index is 685. The molecule has 2 aliphatic rings. The van der Waals surface area contributed by atoms with Crippen molar-refractivity contribution in [3.63, 3.8) is 0 Å². The summed E-state index contributed by atoms with van der Waals surface area (Å²) >= 11 is 0. The molecule has 2 aromatic rings. The number of rotatable bonds is 3. The number of hydrogen-bond acceptors (Lipinski definition) is 0. The summed E-state index contributed by atoms with van der Waals surface area (Å²) < 4.78 is 0. The monoisotopic (exact) mass is 318 g/mol. The molecule has 0 heterocycles. The SMILES string of the molecule is CC(C)C1CCc2c(-c3cccc4c3CCC4C(C)C)cccc21. The van der Waals surface area contributed by atoms with Gasteiger partial charge in [0.1, 0.15) is 0 Å². The zero-order valence-electron chi connectivity index (χ0n) is 15.6. The Kier molecular flexibility index (Phi) is 4.03. The standard InChI is InChI=1S/C24H30/c1-15(2)17-11-13-23-19(17)7-5-9-21(23)22-10-6-8-20-18(16(3)4)12-14-24(20)22/h5-10,15-18H,11-14H2,1-4H3. The van der Waals surface area contributed by atoms with Crippen LogP contribution in [0.25, 0.3) is 11.1 Å². The van der Waals surface area contributed by atoms with E-state index < -0.39 is 0 Å². The second-order valence-electron chi connectivity index (χ2n) is 8.53. The van der Waals surface area contributed by atoms with Crippen LogP contribution in [-0.2, 0) is 12.8 Å². The van der Waals surface area contributed by atoms with Crippen molar-refractivity contribution in [2.45, 2.75) is 65.2 Å². The van der Waals surface area contributed by atoms with Crippen LogP contribution in [-0.4, -0.2) is 0 Å². The molecule has 0 aliphatic heterocycles. The van der Waals surface area contributed by atoms with Crippen molar-refractivity contribution in [1.82, 2.24) is 0 Å². The molecular formula is C24H30. The first-order chi connectivity index (χ1) is 11.6. The van der Waals surface area contributed by atoms with Crippen molar-refractivity contribution in [2.24, 2.45) is 11.8 Å². The summed E-state index contributed by atoms with van der Waals surface area (Å²) in [6.45, 7) is 9.50. The minimum absolute atomic E-state index is 0.744. The van der Waals surface area contributed by atoms with Gasteiger partial charge in [0.2, 0.25) is 0 Å². The molecule has 2 aliphatic carbocycles. The zero-order chi connectivity index (χ0) is 16.8. The van der Waals surface area contributed by atoms with E-state index in [0.717, 1.165) is 23.7 Å². The molecule has 0 heteroatoms. The van der Waals surface area contributed by atoms with Gasteiger partial charge in [0.15, 0.2) is 0 Å². The van der Waals surface area contributed by atoms with E-state index in [2.05, 4.69) is 64.1 Å². The van der Waals surface area contributed by atoms with Crippen LogP contribution in [0.1, 0.15) is 74.6 Å². The van der Waals surface area contributed by atoms with Gasteiger partial charge in [-0.3, -0.25) is 0 Å². The van der Waals surface area contributed by atoms with Crippen molar-refractivity contribution < 1.29 is 0 Å². The predicted molar refractivity (Wildman–Crippen MR) is 104 cm³/mol. The van der Waals surface area contributed by atoms with Gasteiger partial charge in [-0.05, 0) is 82.7 Å². The van der Waals surface area contributed by atoms with E-state index in [1.54, 1.807) is 22.3 Å². The highest BCUT2D eigenvalue weighted by atomic mass is 14.3. The largest absolute Gasteiger partial charge is 0.0622 e. The molecule has 4 rings (SSSR count). The summed E-state index contributed by atoms with van der Waals surface area (Å²) in [6, 6.07) is 14.1. The van der Waals surface area contributed by atoms with Crippen molar-refractivity contribution in [3.8, 4) is 11.1 Å². The van der Waals surface area contributed by atoms with Gasteiger partial charge >= 0.3 is 0 Å². The highest BCUT2D eigenvalue weighted by molar-refractivity contribution is 5.75. The Labute approximate surface area is 147 Å². The molecule has 24 heavy (non-hydrogen) atoms. The molecule has 0 spiro atoms. The first-order valence-electron chi connectivity index (χ1n) is 9.82. The predicted octanol–water partition coefficient (Wildman–Crippen LogP) is 6.73. The van der Waals surface area contributed by atoms with Gasteiger partial charge < -0.3 is 0 Å². The number of hydrogen-bond donors (Lipinski definition) is 0. The lowest BCUT2D eigenvalue weighted by Crippen LogP contribution is -2.03. The summed E-state index contributed by atoms with van der Waals surface area (Å²) in [5.74, 6) is 2.99. The highest BCUT2D eigenvalue weighted by Crippen LogP contribution is 2.46. The molecule has 2 unspecified atom stereocenters. The van der Waals surface area contributed by atoms with Crippen LogP contribution >= 0.6 is 0 Å². The molecule has 0 saturated heterocycles. The third-order valence-electron chi connectivity index (χ3n) is 6.53. The lowest BCUT2D eigenvalue weighted by Gasteiger charge is -2.19. The van der Waals surface area contributed by atoms with Crippen LogP contribution in [0.15, 0.2) is 36.4 Å². The van der Waals surface area contributed by atoms with Crippen molar-refractivity contribution in [1.29, 1.82) is 0 Å². The minimum Gasteiger partial charge on any atom is -0.0622 e. The van der Waals surface area contributed by atoms with Gasteiger partial charge in [-0.1, -0.05) is 64.1 Å². The summed E-state index contributed by atoms with van der Waals surface area (Å²) in [4.78, 5) is 0. The third kappa shape index (κ3) is 2.42. The Balaban J connectivity index is 1.83. The lowest BCUT2D eigenvalue weighted by atomic mass is 9.86. The van der Waals surface area contributed by atoms with E-state index in [4.69, 9.17) is 0 Å². The number of fused-ring (bicyclic) bond motifs is 2. The van der Waals surface area contributed by atoms with E-state index in [0.29, 0.717) is 0 Å². The average molecular weight is 319 g/mol. The fourth-order valence-corrected chi connectivity index (χ4v) is 5.26. The van der Waals surface area contributed by atoms with E-state index in [1.807, 2.05) is 0 Å². The first-order valence-corrected chi connectivity index (χ1v) is 9.82. The molecule has 0 aromatic heterocycles. The van der Waals surface area contributed by atoms with Gasteiger partial charge in [-0.25, -0.2) is 0 Å². The van der Waals surface area contributed by atoms with Gasteiger partial charge in [0, 0.05) is 0 Å². The Hall–Kier alpha value is -1.56. The van der Waals surface area contributed by atoms with Crippen molar-refractivity contribution in [3.05, 3.63) is 58.7 Å². The van der Waals surface area contributed by atoms with E-state index in [1.165, 1.54) is 36.8 Å². The molecule has 0 saturated carbocycles. The third-order valence-corrected chi connectivity index (χ3v) is 6.53. The van der Waals surface area contributed by atoms with Gasteiger partial charge in [-0.15, -0.1) is 0 Å². The second-order valence-corrected chi connectivity index (χ2v) is 8.53. The van der Waals surface area contributed by atoms with Gasteiger partial charge in [0.25, 0.3) is 0 Å². The quantitative estimate of drug-likeness (QED) is 0.589. The number of benzene rings is 2. The molecule has 0 nitrogen and oxygen atoms in total. The molecular weight excluding hydrogens is 288 g/mol. The summed E-state index contributed by atoms with van der Waals surface area (Å²) in [6.07, 6.45) is 5.17. The van der Waals surface area contributed by atoms with E-state index in [-0.39, 0.29) is 0 Å². The van der Waals surface area contributed by atoms with E-state index >= 15 is 0 Å². The van der Waals surface area contributed by atoms with Crippen LogP contribution in [0, 0.1) is 11.8 Å². The highest BCUT2D eigenvalue weighted by Gasteiger charge is 2.30. The van der Waals surface area contributed by atoms with Gasteiger partial charge in [0.05, 0.1) is 0 Å². The summed E-state index contributed by atoms with van der Waals surface area (Å²) in [7, 11) is 0. The average Bonchev–Trinajstić information content (AvgIpc) is 3.18. The Morgan fingerprint density at radius 1 is 0.667 bits per heavy atom. The molecule has 0 fully saturated rings. The maximum atomic E-state index is 2.39. The molecule has 126 valence electrons. The van der Waals surface area contributed by atoms with Crippen LogP contribution in [0.4, 0.5) is 0 Å². The Morgan fingerprint density at radius 3 is 1.46 bits per heavy atom. The zero-order valence-corrected chi connectivity index (χ0v) is 15.6. The molecule has 2 aromatic carbocycles. The molecule has 0 amide bonds. The molecule has 0 radical (unpaired) electrons. The molecule has 0 N–H and O–H groups in total. The smallest absolute Gasteiger partial charge is 0.0133 e. The Morgan fingerprint density at radius 2 is 1.08 bits per heavy atom. The van der Waals surface area contributed by atoms with Gasteiger partial charge in [-0.2, -0.15) is 0 Å². The summed E-state index contributed by atoms with van der Waals surface area (Å²) in [5, 5.41) is 0. The topological polar surface area (TPSA) is 0 Å². The van der Waals surface area contributed by atoms with Crippen LogP contribution < -0.4 is 0 Å². The molecule has 2 atom stereocenters. The van der Waals surface area contributed by atoms with Crippen LogP contribution in [0.3, 0.4) is 0 Å². The maximum Gasteiger partial charge on any atom is -0.0133 e. The fraction of sp³-hybridized carbons (Fsp3) is 0.500. The normalized spacial score (nSPS) is 22.2. The van der Waals surface area contributed by atoms with E-state index in [9.17, 15) is 0 Å².